The number of imide groups is 1. The molecule has 3 amide bonds. The van der Waals surface area contributed by atoms with Crippen LogP contribution >= 0.6 is 0 Å². The highest BCUT2D eigenvalue weighted by molar-refractivity contribution is 6.78. The number of rotatable bonds is 13. The highest BCUT2D eigenvalue weighted by atomic mass is 28.4. The number of carbonyl (C=O) groups is 3. The molecule has 1 N–H and O–H groups in total. The Morgan fingerprint density at radius 3 is 1.30 bits per heavy atom. The number of β-lactam (4-membered cyclic amide) rings is 2. The summed E-state index contributed by atoms with van der Waals surface area (Å²) in [7, 11) is -4.80. The van der Waals surface area contributed by atoms with Crippen LogP contribution in [0.25, 0.3) is 0 Å². The Labute approximate surface area is 263 Å². The lowest BCUT2D eigenvalue weighted by Gasteiger charge is -2.51. The molecular weight excluding hydrogens is 617 g/mol. The normalized spacial score (nSPS) is 22.8. The predicted octanol–water partition coefficient (Wildman–Crippen LogP) is 7.88. The van der Waals surface area contributed by atoms with E-state index in [-0.39, 0.29) is 33.2 Å². The minimum absolute atomic E-state index is 0.148. The van der Waals surface area contributed by atoms with Gasteiger partial charge in [-0.1, -0.05) is 83.1 Å². The van der Waals surface area contributed by atoms with Crippen LogP contribution in [0.3, 0.4) is 0 Å². The number of hydrogen-bond donors (Lipinski definition) is 1. The van der Waals surface area contributed by atoms with Crippen molar-refractivity contribution in [1.29, 1.82) is 0 Å². The molecule has 0 spiro atoms. The van der Waals surface area contributed by atoms with Crippen LogP contribution in [0.2, 0.25) is 33.2 Å². The monoisotopic (exact) mass is 672 g/mol. The average Bonchev–Trinajstić information content (AvgIpc) is 2.84. The molecule has 2 fully saturated rings. The van der Waals surface area contributed by atoms with Gasteiger partial charge >= 0.3 is 6.09 Å². The van der Waals surface area contributed by atoms with Crippen molar-refractivity contribution in [2.24, 2.45) is 0 Å². The van der Waals surface area contributed by atoms with Crippen molar-refractivity contribution in [3.05, 3.63) is 0 Å². The Morgan fingerprint density at radius 2 is 1.02 bits per heavy atom. The number of likely N-dealkylation sites (tertiary alicyclic amines) is 1. The summed E-state index contributed by atoms with van der Waals surface area (Å²) in [6, 6.07) is -2.72. The summed E-state index contributed by atoms with van der Waals surface area (Å²) in [5.74, 6) is -1.13. The molecule has 2 heterocycles. The Kier molecular flexibility index (Phi) is 14.6. The van der Waals surface area contributed by atoms with Gasteiger partial charge in [0.05, 0.1) is 6.10 Å². The topological polar surface area (TPSA) is 94.2 Å². The summed E-state index contributed by atoms with van der Waals surface area (Å²) in [6.45, 7) is 27.7. The summed E-state index contributed by atoms with van der Waals surface area (Å²) < 4.78 is 69.9. The molecule has 0 aromatic heterocycles. The molecule has 0 aliphatic carbocycles. The molecule has 0 unspecified atom stereocenters. The molecule has 44 heavy (non-hydrogen) atoms. The van der Waals surface area contributed by atoms with Gasteiger partial charge in [0.15, 0.2) is 12.2 Å². The van der Waals surface area contributed by atoms with E-state index in [1.54, 1.807) is 13.8 Å². The summed E-state index contributed by atoms with van der Waals surface area (Å²) in [6.07, 6.45) is -9.22. The first-order valence-corrected chi connectivity index (χ1v) is 20.1. The van der Waals surface area contributed by atoms with E-state index in [9.17, 15) is 31.9 Å². The van der Waals surface area contributed by atoms with Crippen molar-refractivity contribution < 1.29 is 45.5 Å². The molecule has 2 saturated heterocycles. The highest BCUT2D eigenvalue weighted by Gasteiger charge is 2.61. The SMILES string of the molecule is CC(C)OC(=O)N1C(=O)[C@H](O[Si](C(C)C)(C(C)C)C(C)C)[C@@H]1C(F)F.CC(C)[Si](O[C@H]1C(=O)N[C@H]1C(F)F)(C(C)C)C(C)C. The lowest BCUT2D eigenvalue weighted by atomic mass is 10.00. The van der Waals surface area contributed by atoms with Crippen molar-refractivity contribution in [3.8, 4) is 0 Å². The molecule has 8 nitrogen and oxygen atoms in total. The van der Waals surface area contributed by atoms with Crippen LogP contribution in [0.4, 0.5) is 22.4 Å². The van der Waals surface area contributed by atoms with Crippen molar-refractivity contribution in [2.45, 2.75) is 173 Å². The zero-order chi connectivity index (χ0) is 34.6. The van der Waals surface area contributed by atoms with Crippen LogP contribution in [0.5, 0.6) is 0 Å². The number of hydrogen-bond acceptors (Lipinski definition) is 6. The van der Waals surface area contributed by atoms with Gasteiger partial charge < -0.3 is 18.9 Å². The first-order valence-electron chi connectivity index (χ1n) is 15.8. The Morgan fingerprint density at radius 1 is 0.659 bits per heavy atom. The number of ether oxygens (including phenoxy) is 1. The fourth-order valence-electron chi connectivity index (χ4n) is 7.29. The predicted molar refractivity (Wildman–Crippen MR) is 168 cm³/mol. The molecule has 0 bridgehead atoms. The fraction of sp³-hybridized carbons (Fsp3) is 0.900. The molecule has 2 rings (SSSR count). The minimum atomic E-state index is -2.87. The number of carbonyl (C=O) groups excluding carboxylic acids is 3. The maximum atomic E-state index is 13.6. The number of nitrogens with one attached hydrogen (secondary N) is 1. The molecule has 0 aromatic rings. The van der Waals surface area contributed by atoms with Crippen molar-refractivity contribution in [1.82, 2.24) is 10.2 Å². The van der Waals surface area contributed by atoms with Gasteiger partial charge in [0.25, 0.3) is 24.7 Å². The summed E-state index contributed by atoms with van der Waals surface area (Å²) in [5.41, 5.74) is 1.28. The van der Waals surface area contributed by atoms with E-state index in [1.807, 2.05) is 41.5 Å². The summed E-state index contributed by atoms with van der Waals surface area (Å²) in [5, 5.41) is 2.24. The van der Waals surface area contributed by atoms with E-state index < -0.39 is 77.8 Å². The smallest absolute Gasteiger partial charge is 0.417 e. The van der Waals surface area contributed by atoms with Gasteiger partial charge in [0.1, 0.15) is 12.1 Å². The van der Waals surface area contributed by atoms with Crippen molar-refractivity contribution in [3.63, 3.8) is 0 Å². The molecule has 2 aliphatic rings. The Hall–Kier alpha value is -1.52. The quantitative estimate of drug-likeness (QED) is 0.122. The number of alkyl halides is 4. The zero-order valence-corrected chi connectivity index (χ0v) is 30.9. The second kappa shape index (κ2) is 15.9. The highest BCUT2D eigenvalue weighted by Crippen LogP contribution is 2.46. The third kappa shape index (κ3) is 8.06. The second-order valence-corrected chi connectivity index (χ2v) is 24.9. The van der Waals surface area contributed by atoms with Crippen LogP contribution in [0.1, 0.15) is 96.9 Å². The first kappa shape index (κ1) is 40.5. The second-order valence-electron chi connectivity index (χ2n) is 14.0. The van der Waals surface area contributed by atoms with Gasteiger partial charge in [-0.3, -0.25) is 9.59 Å². The maximum absolute atomic E-state index is 13.6. The zero-order valence-electron chi connectivity index (χ0n) is 28.9. The lowest BCUT2D eigenvalue weighted by Crippen LogP contribution is -2.73. The van der Waals surface area contributed by atoms with Crippen molar-refractivity contribution in [2.75, 3.05) is 0 Å². The van der Waals surface area contributed by atoms with E-state index >= 15 is 0 Å². The molecule has 4 atom stereocenters. The van der Waals surface area contributed by atoms with E-state index in [0.29, 0.717) is 4.90 Å². The third-order valence-corrected chi connectivity index (χ3v) is 21.3. The van der Waals surface area contributed by atoms with Gasteiger partial charge in [-0.05, 0) is 47.1 Å². The lowest BCUT2D eigenvalue weighted by molar-refractivity contribution is -0.172. The maximum Gasteiger partial charge on any atom is 0.417 e. The minimum Gasteiger partial charge on any atom is -0.446 e. The largest absolute Gasteiger partial charge is 0.446 e. The number of amides is 3. The van der Waals surface area contributed by atoms with E-state index in [2.05, 4.69) is 46.9 Å². The first-order chi connectivity index (χ1) is 20.0. The van der Waals surface area contributed by atoms with Crippen LogP contribution < -0.4 is 5.32 Å². The van der Waals surface area contributed by atoms with Crippen LogP contribution in [0, 0.1) is 0 Å². The molecule has 0 radical (unpaired) electrons. The Bertz CT molecular complexity index is 938. The molecule has 14 heteroatoms. The average molecular weight is 673 g/mol. The number of halogens is 4. The molecule has 0 aromatic carbocycles. The van der Waals surface area contributed by atoms with Crippen LogP contribution in [-0.2, 0) is 23.2 Å². The van der Waals surface area contributed by atoms with E-state index in [4.69, 9.17) is 13.6 Å². The van der Waals surface area contributed by atoms with Gasteiger partial charge in [0.2, 0.25) is 16.6 Å². The molecular formula is C30H56F4N2O6Si2. The van der Waals surface area contributed by atoms with Gasteiger partial charge in [-0.2, -0.15) is 0 Å². The van der Waals surface area contributed by atoms with Gasteiger partial charge in [-0.15, -0.1) is 0 Å². The molecule has 0 saturated carbocycles. The summed E-state index contributed by atoms with van der Waals surface area (Å²) >= 11 is 0. The standard InChI is InChI=1S/C17H31F2NO4Si.C13H25F2NO2Si/c1-9(2)23-17(22)20-13(15(18)19)14(16(20)21)24-25(10(3)4,11(5)6)12(7)8;1-7(2)19(8(3)4,9(5)6)18-11-10(12(14)15)16-13(11)17/h9-15H,1-8H3;7-12H,1-6H3,(H,16,17)/t13-,14-;10-,11-/m11/s1. The number of nitrogens with zero attached hydrogens (tertiary/aromatic N) is 1. The summed E-state index contributed by atoms with van der Waals surface area (Å²) in [4.78, 5) is 36.5. The fourth-order valence-corrected chi connectivity index (χ4v) is 18.3. The van der Waals surface area contributed by atoms with Gasteiger partial charge in [-0.25, -0.2) is 27.3 Å². The molecule has 258 valence electrons. The van der Waals surface area contributed by atoms with Crippen LogP contribution in [-0.4, -0.2) is 82.7 Å². The Balaban J connectivity index is 0.000000457. The van der Waals surface area contributed by atoms with Crippen molar-refractivity contribution >= 4 is 34.5 Å². The van der Waals surface area contributed by atoms with Crippen LogP contribution in [0.15, 0.2) is 0 Å². The van der Waals surface area contributed by atoms with E-state index in [1.165, 1.54) is 0 Å². The third-order valence-electron chi connectivity index (χ3n) is 9.12. The van der Waals surface area contributed by atoms with Gasteiger partial charge in [0, 0.05) is 0 Å². The molecule has 2 aliphatic heterocycles. The van der Waals surface area contributed by atoms with E-state index in [0.717, 1.165) is 0 Å².